The molecular formula is C16H16O4. The molecule has 2 rings (SSSR count). The highest BCUT2D eigenvalue weighted by Crippen LogP contribution is 2.15. The van der Waals surface area contributed by atoms with E-state index in [1.165, 1.54) is 0 Å². The lowest BCUT2D eigenvalue weighted by Gasteiger charge is -2.06. The summed E-state index contributed by atoms with van der Waals surface area (Å²) < 4.78 is 16.8. The molecule has 104 valence electrons. The Labute approximate surface area is 119 Å². The van der Waals surface area contributed by atoms with Gasteiger partial charge < -0.3 is 14.6 Å². The molecule has 2 aromatic rings. The van der Waals surface area contributed by atoms with Crippen LogP contribution in [0.25, 0.3) is 0 Å². The summed E-state index contributed by atoms with van der Waals surface area (Å²) in [6.45, 7) is 0.178. The summed E-state index contributed by atoms with van der Waals surface area (Å²) in [7, 11) is 1.55. The second-order valence-electron chi connectivity index (χ2n) is 4.32. The monoisotopic (exact) mass is 274 g/mol. The maximum atomic E-state index is 12.2. The minimum atomic E-state index is 0.0211. The van der Waals surface area contributed by atoms with Gasteiger partial charge in [-0.05, 0) is 42.0 Å². The first-order valence-electron chi connectivity index (χ1n) is 6.61. The van der Waals surface area contributed by atoms with Gasteiger partial charge in [0.25, 0.3) is 1.43 Å². The molecule has 0 aliphatic heterocycles. The molecule has 0 saturated heterocycles. The van der Waals surface area contributed by atoms with E-state index >= 15 is 0 Å². The zero-order valence-electron chi connectivity index (χ0n) is 12.2. The van der Waals surface area contributed by atoms with Crippen molar-refractivity contribution >= 4 is 5.78 Å². The van der Waals surface area contributed by atoms with Gasteiger partial charge >= 0.3 is 0 Å². The van der Waals surface area contributed by atoms with Crippen molar-refractivity contribution in [1.29, 1.82) is 1.43 Å². The van der Waals surface area contributed by atoms with Crippen molar-refractivity contribution in [3.05, 3.63) is 59.7 Å². The zero-order valence-corrected chi connectivity index (χ0v) is 11.2. The van der Waals surface area contributed by atoms with Crippen LogP contribution in [-0.4, -0.2) is 26.2 Å². The normalized spacial score (nSPS) is 10.8. The van der Waals surface area contributed by atoms with Crippen molar-refractivity contribution in [3.63, 3.8) is 0 Å². The first-order chi connectivity index (χ1) is 10.2. The quantitative estimate of drug-likeness (QED) is 0.623. The average molecular weight is 274 g/mol. The van der Waals surface area contributed by atoms with Crippen LogP contribution in [0.4, 0.5) is 0 Å². The third-order valence-electron chi connectivity index (χ3n) is 2.81. The lowest BCUT2D eigenvalue weighted by molar-refractivity contribution is 0.0511. The summed E-state index contributed by atoms with van der Waals surface area (Å²) in [4.78, 5) is 12.2. The second-order valence-corrected chi connectivity index (χ2v) is 4.32. The molecule has 0 aliphatic rings. The fraction of sp³-hybridized carbons (Fsp3) is 0.188. The number of carbonyl (C=O) groups is 1. The maximum absolute atomic E-state index is 12.2. The van der Waals surface area contributed by atoms with Crippen molar-refractivity contribution in [2.45, 2.75) is 6.42 Å². The highest BCUT2D eigenvalue weighted by molar-refractivity contribution is 5.97. The number of aromatic hydroxyl groups is 1. The third-order valence-corrected chi connectivity index (χ3v) is 2.81. The standard InChI is InChI=1S/C16H16O4/c1-19-11-20-15-8-4-13(5-9-15)16(18)10-12-2-6-14(17)7-3-12/h2-9,17H,10-11H2,1H3/i/hT. The predicted octanol–water partition coefficient (Wildman–Crippen LogP) is 2.80. The molecule has 0 fully saturated rings. The van der Waals surface area contributed by atoms with E-state index in [0.717, 1.165) is 5.56 Å². The molecule has 0 radical (unpaired) electrons. The van der Waals surface area contributed by atoms with Gasteiger partial charge in [0.05, 0.1) is 0 Å². The topological polar surface area (TPSA) is 55.8 Å². The molecule has 1 N–H and O–H groups in total. The van der Waals surface area contributed by atoms with Gasteiger partial charge in [0.15, 0.2) is 12.6 Å². The number of benzene rings is 2. The van der Waals surface area contributed by atoms with E-state index < -0.39 is 0 Å². The molecule has 0 saturated carbocycles. The van der Waals surface area contributed by atoms with E-state index in [1.54, 1.807) is 55.6 Å². The summed E-state index contributed by atoms with van der Waals surface area (Å²) in [5, 5.41) is 4.35. The van der Waals surface area contributed by atoms with Crippen LogP contribution >= 0.6 is 0 Å². The van der Waals surface area contributed by atoms with Crippen LogP contribution in [-0.2, 0) is 11.2 Å². The van der Waals surface area contributed by atoms with E-state index in [0.29, 0.717) is 23.5 Å². The van der Waals surface area contributed by atoms with Gasteiger partial charge in [-0.2, -0.15) is 0 Å². The van der Waals surface area contributed by atoms with Gasteiger partial charge in [0.1, 0.15) is 11.5 Å². The van der Waals surface area contributed by atoms with E-state index in [1.807, 2.05) is 0 Å². The minimum absolute atomic E-state index is 0.0211. The number of phenols is 1. The molecule has 0 aliphatic carbocycles. The molecule has 2 aromatic carbocycles. The fourth-order valence-electron chi connectivity index (χ4n) is 1.76. The van der Waals surface area contributed by atoms with Gasteiger partial charge in [-0.15, -0.1) is 0 Å². The number of rotatable bonds is 7. The Morgan fingerprint density at radius 3 is 2.45 bits per heavy atom. The van der Waals surface area contributed by atoms with E-state index in [2.05, 4.69) is 5.11 Å². The Morgan fingerprint density at radius 1 is 1.15 bits per heavy atom. The Bertz CT molecular complexity index is 578. The van der Waals surface area contributed by atoms with Crippen LogP contribution in [0.5, 0.6) is 11.5 Å². The first-order valence-corrected chi connectivity index (χ1v) is 6.20. The number of ketones is 1. The smallest absolute Gasteiger partial charge is 0.293 e. The van der Waals surface area contributed by atoms with Crippen LogP contribution in [0.2, 0.25) is 0 Å². The number of carbonyl (C=O) groups excluding carboxylic acids is 1. The molecule has 4 heteroatoms. The Hall–Kier alpha value is -2.33. The highest BCUT2D eigenvalue weighted by Gasteiger charge is 2.07. The lowest BCUT2D eigenvalue weighted by atomic mass is 10.0. The summed E-state index contributed by atoms with van der Waals surface area (Å²) in [6.07, 6.45) is 0.302. The number of Topliss-reactive ketones (excluding diaryl/α,β-unsaturated/α-hetero) is 1. The second kappa shape index (κ2) is 6.73. The molecule has 20 heavy (non-hydrogen) atoms. The molecule has 0 spiro atoms. The molecule has 4 nitrogen and oxygen atoms in total. The highest BCUT2D eigenvalue weighted by atomic mass is 16.7. The maximum Gasteiger partial charge on any atom is 0.293 e. The molecule has 0 atom stereocenters. The van der Waals surface area contributed by atoms with Crippen LogP contribution in [0.1, 0.15) is 15.9 Å². The minimum Gasteiger partial charge on any atom is -0.508 e. The Morgan fingerprint density at radius 2 is 1.85 bits per heavy atom. The van der Waals surface area contributed by atoms with E-state index in [4.69, 9.17) is 10.9 Å². The van der Waals surface area contributed by atoms with Crippen molar-refractivity contribution in [2.75, 3.05) is 13.9 Å². The van der Waals surface area contributed by atoms with Crippen LogP contribution in [0.15, 0.2) is 48.5 Å². The largest absolute Gasteiger partial charge is 0.508 e. The Kier molecular flexibility index (Phi) is 4.27. The zero-order chi connectivity index (χ0) is 15.1. The molecule has 0 unspecified atom stereocenters. The molecule has 0 bridgehead atoms. The summed E-state index contributed by atoms with van der Waals surface area (Å²) in [5.74, 6) is 1.13. The van der Waals surface area contributed by atoms with Crippen molar-refractivity contribution < 1.29 is 19.4 Å². The number of methoxy groups -OCH3 is 1. The average Bonchev–Trinajstić information content (AvgIpc) is 2.54. The van der Waals surface area contributed by atoms with Crippen molar-refractivity contribution in [1.82, 2.24) is 0 Å². The van der Waals surface area contributed by atoms with Crippen LogP contribution in [0.3, 0.4) is 0 Å². The van der Waals surface area contributed by atoms with Crippen molar-refractivity contribution in [2.24, 2.45) is 0 Å². The van der Waals surface area contributed by atoms with Crippen LogP contribution < -0.4 is 4.74 Å². The summed E-state index contributed by atoms with van der Waals surface area (Å²) in [6, 6.07) is 13.8. The van der Waals surface area contributed by atoms with Gasteiger partial charge in [-0.25, -0.2) is 0 Å². The van der Waals surface area contributed by atoms with E-state index in [9.17, 15) is 4.79 Å². The predicted molar refractivity (Wildman–Crippen MR) is 75.1 cm³/mol. The van der Waals surface area contributed by atoms with Crippen LogP contribution in [0, 0.1) is 0 Å². The SMILES string of the molecule is [3H]Oc1ccc(CC(=O)c2ccc(OCOC)cc2)cc1. The van der Waals surface area contributed by atoms with Gasteiger partial charge in [-0.1, -0.05) is 12.1 Å². The number of phenolic OH excluding ortho intramolecular Hbond substituents is 1. The molecular weight excluding hydrogens is 256 g/mol. The molecule has 0 amide bonds. The number of hydrogen-bond acceptors (Lipinski definition) is 4. The summed E-state index contributed by atoms with van der Waals surface area (Å²) >= 11 is 0. The van der Waals surface area contributed by atoms with Gasteiger partial charge in [0, 0.05) is 19.1 Å². The molecule has 0 heterocycles. The first kappa shape index (κ1) is 12.7. The fourth-order valence-corrected chi connectivity index (χ4v) is 1.76. The van der Waals surface area contributed by atoms with Gasteiger partial charge in [-0.3, -0.25) is 4.79 Å². The summed E-state index contributed by atoms with van der Waals surface area (Å²) in [5.41, 5.74) is 1.50. The Balaban J connectivity index is 1.98. The van der Waals surface area contributed by atoms with Crippen molar-refractivity contribution in [3.8, 4) is 11.5 Å². The molecule has 0 aromatic heterocycles. The third kappa shape index (κ3) is 3.83. The van der Waals surface area contributed by atoms with Gasteiger partial charge in [0.2, 0.25) is 0 Å². The van der Waals surface area contributed by atoms with E-state index in [-0.39, 0.29) is 12.6 Å². The number of ether oxygens (including phenoxy) is 2. The number of hydrogen-bond donors (Lipinski definition) is 1. The lowest BCUT2D eigenvalue weighted by Crippen LogP contribution is -2.04.